The van der Waals surface area contributed by atoms with Crippen molar-refractivity contribution in [1.82, 2.24) is 0 Å². The number of benzene rings is 1. The number of hydrogen-bond donors (Lipinski definition) is 0. The smallest absolute Gasteiger partial charge is 0.247 e. The van der Waals surface area contributed by atoms with Crippen LogP contribution in [0.25, 0.3) is 0 Å². The van der Waals surface area contributed by atoms with Gasteiger partial charge in [-0.25, -0.2) is 0 Å². The van der Waals surface area contributed by atoms with Crippen molar-refractivity contribution in [2.75, 3.05) is 11.9 Å². The van der Waals surface area contributed by atoms with E-state index in [9.17, 15) is 4.79 Å². The molecule has 1 aromatic rings. The van der Waals surface area contributed by atoms with Gasteiger partial charge in [-0.15, -0.1) is 0 Å². The van der Waals surface area contributed by atoms with Crippen molar-refractivity contribution >= 4 is 11.6 Å². The second kappa shape index (κ2) is 4.21. The second-order valence-electron chi connectivity index (χ2n) is 4.58. The van der Waals surface area contributed by atoms with Crippen LogP contribution in [0.15, 0.2) is 24.3 Å². The van der Waals surface area contributed by atoms with Gasteiger partial charge in [0.05, 0.1) is 6.07 Å². The molecule has 0 bridgehead atoms. The highest BCUT2D eigenvalue weighted by atomic mass is 16.2. The van der Waals surface area contributed by atoms with E-state index in [4.69, 9.17) is 5.26 Å². The first-order valence-electron chi connectivity index (χ1n) is 5.91. The number of carbonyl (C=O) groups is 1. The molecule has 2 rings (SSSR count). The van der Waals surface area contributed by atoms with Crippen molar-refractivity contribution in [3.8, 4) is 6.07 Å². The lowest BCUT2D eigenvalue weighted by Crippen LogP contribution is -2.33. The van der Waals surface area contributed by atoms with Gasteiger partial charge >= 0.3 is 0 Å². The Morgan fingerprint density at radius 1 is 1.41 bits per heavy atom. The van der Waals surface area contributed by atoms with Crippen LogP contribution >= 0.6 is 0 Å². The van der Waals surface area contributed by atoms with E-state index >= 15 is 0 Å². The van der Waals surface area contributed by atoms with E-state index in [1.807, 2.05) is 24.3 Å². The number of amides is 1. The normalized spacial score (nSPS) is 16.1. The summed E-state index contributed by atoms with van der Waals surface area (Å²) in [6.07, 6.45) is 2.37. The molecule has 88 valence electrons. The SMILES string of the molecule is CCc1ccc(N(C)C(=O)C2(C#N)CC2)cc1. The first-order valence-corrected chi connectivity index (χ1v) is 5.91. The summed E-state index contributed by atoms with van der Waals surface area (Å²) >= 11 is 0. The Balaban J connectivity index is 2.17. The molecule has 1 aromatic carbocycles. The molecule has 17 heavy (non-hydrogen) atoms. The van der Waals surface area contributed by atoms with E-state index in [-0.39, 0.29) is 5.91 Å². The number of rotatable bonds is 3. The van der Waals surface area contributed by atoms with Crippen LogP contribution in [0.2, 0.25) is 0 Å². The largest absolute Gasteiger partial charge is 0.314 e. The molecule has 1 fully saturated rings. The zero-order valence-corrected chi connectivity index (χ0v) is 10.2. The quantitative estimate of drug-likeness (QED) is 0.797. The number of nitrogens with zero attached hydrogens (tertiary/aromatic N) is 2. The standard InChI is InChI=1S/C14H16N2O/c1-3-11-4-6-12(7-5-11)16(2)13(17)14(10-15)8-9-14/h4-7H,3,8-9H2,1-2H3. The number of aryl methyl sites for hydroxylation is 1. The van der Waals surface area contributed by atoms with Crippen molar-refractivity contribution < 1.29 is 4.79 Å². The van der Waals surface area contributed by atoms with Crippen LogP contribution in [0.4, 0.5) is 5.69 Å². The lowest BCUT2D eigenvalue weighted by atomic mass is 10.1. The second-order valence-corrected chi connectivity index (χ2v) is 4.58. The van der Waals surface area contributed by atoms with Crippen LogP contribution in [0.3, 0.4) is 0 Å². The van der Waals surface area contributed by atoms with Crippen molar-refractivity contribution in [3.05, 3.63) is 29.8 Å². The maximum absolute atomic E-state index is 12.1. The van der Waals surface area contributed by atoms with Crippen LogP contribution in [0.5, 0.6) is 0 Å². The fourth-order valence-corrected chi connectivity index (χ4v) is 1.89. The average Bonchev–Trinajstić information content (AvgIpc) is 3.18. The molecule has 0 aliphatic heterocycles. The minimum Gasteiger partial charge on any atom is -0.314 e. The highest BCUT2D eigenvalue weighted by Gasteiger charge is 2.52. The minimum absolute atomic E-state index is 0.0794. The van der Waals surface area contributed by atoms with Gasteiger partial charge in [0.1, 0.15) is 5.41 Å². The molecule has 0 spiro atoms. The predicted molar refractivity (Wildman–Crippen MR) is 66.5 cm³/mol. The van der Waals surface area contributed by atoms with Crippen LogP contribution in [-0.2, 0) is 11.2 Å². The first-order chi connectivity index (χ1) is 8.13. The summed E-state index contributed by atoms with van der Waals surface area (Å²) in [5, 5.41) is 9.01. The van der Waals surface area contributed by atoms with E-state index in [0.29, 0.717) is 12.8 Å². The van der Waals surface area contributed by atoms with Crippen molar-refractivity contribution in [1.29, 1.82) is 5.26 Å². The van der Waals surface area contributed by atoms with Gasteiger partial charge in [0.25, 0.3) is 0 Å². The van der Waals surface area contributed by atoms with Gasteiger partial charge in [0.15, 0.2) is 0 Å². The fourth-order valence-electron chi connectivity index (χ4n) is 1.89. The Morgan fingerprint density at radius 3 is 2.41 bits per heavy atom. The van der Waals surface area contributed by atoms with Crippen LogP contribution in [0.1, 0.15) is 25.3 Å². The lowest BCUT2D eigenvalue weighted by molar-refractivity contribution is -0.121. The monoisotopic (exact) mass is 228 g/mol. The molecular formula is C14H16N2O. The number of hydrogen-bond acceptors (Lipinski definition) is 2. The van der Waals surface area contributed by atoms with E-state index in [1.165, 1.54) is 5.56 Å². The summed E-state index contributed by atoms with van der Waals surface area (Å²) in [6.45, 7) is 2.10. The Morgan fingerprint density at radius 2 is 2.00 bits per heavy atom. The summed E-state index contributed by atoms with van der Waals surface area (Å²) in [5.74, 6) is -0.0794. The van der Waals surface area contributed by atoms with E-state index in [1.54, 1.807) is 11.9 Å². The lowest BCUT2D eigenvalue weighted by Gasteiger charge is -2.20. The predicted octanol–water partition coefficient (Wildman–Crippen LogP) is 2.52. The van der Waals surface area contributed by atoms with Gasteiger partial charge < -0.3 is 4.90 Å². The number of anilines is 1. The maximum Gasteiger partial charge on any atom is 0.247 e. The Kier molecular flexibility index (Phi) is 2.89. The van der Waals surface area contributed by atoms with E-state index in [2.05, 4.69) is 13.0 Å². The molecule has 0 saturated heterocycles. The third-order valence-corrected chi connectivity index (χ3v) is 3.41. The van der Waals surface area contributed by atoms with Gasteiger partial charge in [-0.05, 0) is 37.0 Å². The highest BCUT2D eigenvalue weighted by Crippen LogP contribution is 2.46. The first kappa shape index (κ1) is 11.7. The Labute approximate surface area is 102 Å². The van der Waals surface area contributed by atoms with Gasteiger partial charge in [-0.2, -0.15) is 5.26 Å². The van der Waals surface area contributed by atoms with Gasteiger partial charge in [0, 0.05) is 12.7 Å². The van der Waals surface area contributed by atoms with Crippen molar-refractivity contribution in [2.24, 2.45) is 5.41 Å². The third kappa shape index (κ3) is 2.03. The molecule has 1 amide bonds. The highest BCUT2D eigenvalue weighted by molar-refractivity contribution is 6.00. The zero-order chi connectivity index (χ0) is 12.5. The molecular weight excluding hydrogens is 212 g/mol. The van der Waals surface area contributed by atoms with E-state index < -0.39 is 5.41 Å². The van der Waals surface area contributed by atoms with Crippen LogP contribution < -0.4 is 4.90 Å². The van der Waals surface area contributed by atoms with Crippen LogP contribution in [-0.4, -0.2) is 13.0 Å². The summed E-state index contributed by atoms with van der Waals surface area (Å²) in [7, 11) is 1.74. The summed E-state index contributed by atoms with van der Waals surface area (Å²) in [6, 6.07) is 10.0. The molecule has 0 heterocycles. The average molecular weight is 228 g/mol. The molecule has 1 aliphatic rings. The van der Waals surface area contributed by atoms with E-state index in [0.717, 1.165) is 12.1 Å². The fraction of sp³-hybridized carbons (Fsp3) is 0.429. The molecule has 0 radical (unpaired) electrons. The topological polar surface area (TPSA) is 44.1 Å². The number of carbonyl (C=O) groups excluding carboxylic acids is 1. The maximum atomic E-state index is 12.1. The van der Waals surface area contributed by atoms with Crippen LogP contribution in [0, 0.1) is 16.7 Å². The molecule has 0 unspecified atom stereocenters. The minimum atomic E-state index is -0.738. The van der Waals surface area contributed by atoms with Gasteiger partial charge in [-0.1, -0.05) is 19.1 Å². The number of nitriles is 1. The molecule has 0 aromatic heterocycles. The molecule has 0 N–H and O–H groups in total. The molecule has 1 aliphatic carbocycles. The summed E-state index contributed by atoms with van der Waals surface area (Å²) in [4.78, 5) is 13.7. The van der Waals surface area contributed by atoms with Crippen molar-refractivity contribution in [3.63, 3.8) is 0 Å². The Hall–Kier alpha value is -1.82. The Bertz CT molecular complexity index is 466. The summed E-state index contributed by atoms with van der Waals surface area (Å²) < 4.78 is 0. The van der Waals surface area contributed by atoms with Gasteiger partial charge in [-0.3, -0.25) is 4.79 Å². The third-order valence-electron chi connectivity index (χ3n) is 3.41. The van der Waals surface area contributed by atoms with Crippen molar-refractivity contribution in [2.45, 2.75) is 26.2 Å². The van der Waals surface area contributed by atoms with Gasteiger partial charge in [0.2, 0.25) is 5.91 Å². The molecule has 3 heteroatoms. The molecule has 1 saturated carbocycles. The summed E-state index contributed by atoms with van der Waals surface area (Å²) in [5.41, 5.74) is 1.36. The zero-order valence-electron chi connectivity index (χ0n) is 10.2. The molecule has 0 atom stereocenters. The molecule has 3 nitrogen and oxygen atoms in total.